The normalized spacial score (nSPS) is 17.5. The van der Waals surface area contributed by atoms with Crippen LogP contribution in [0, 0.1) is 6.92 Å². The lowest BCUT2D eigenvalue weighted by atomic mass is 9.90. The monoisotopic (exact) mass is 286 g/mol. The average molecular weight is 286 g/mol. The van der Waals surface area contributed by atoms with Crippen LogP contribution in [-0.2, 0) is 12.0 Å². The molecule has 0 radical (unpaired) electrons. The van der Waals surface area contributed by atoms with Gasteiger partial charge in [-0.25, -0.2) is 4.98 Å². The summed E-state index contributed by atoms with van der Waals surface area (Å²) in [5.74, 6) is 0. The quantitative estimate of drug-likeness (QED) is 0.920. The Morgan fingerprint density at radius 3 is 2.62 bits per heavy atom. The molecule has 0 aliphatic carbocycles. The van der Waals surface area contributed by atoms with Crippen LogP contribution >= 0.6 is 0 Å². The van der Waals surface area contributed by atoms with E-state index in [2.05, 4.69) is 60.6 Å². The first kappa shape index (κ1) is 14.5. The lowest BCUT2D eigenvalue weighted by Gasteiger charge is -2.28. The number of hydrogen-bond donors (Lipinski definition) is 1. The van der Waals surface area contributed by atoms with Gasteiger partial charge in [-0.05, 0) is 18.6 Å². The fraction of sp³-hybridized carbons (Fsp3) is 0.588. The molecular weight excluding hydrogens is 260 g/mol. The topological polar surface area (TPSA) is 32.6 Å². The maximum Gasteiger partial charge on any atom is 0.140 e. The lowest BCUT2D eigenvalue weighted by Crippen LogP contribution is -2.43. The predicted molar refractivity (Wildman–Crippen MR) is 86.8 cm³/mol. The molecule has 0 unspecified atom stereocenters. The second-order valence-electron chi connectivity index (χ2n) is 7.07. The highest BCUT2D eigenvalue weighted by atomic mass is 15.2. The molecule has 1 aliphatic heterocycles. The van der Waals surface area contributed by atoms with E-state index in [9.17, 15) is 0 Å². The van der Waals surface area contributed by atoms with Crippen molar-refractivity contribution >= 4 is 5.65 Å². The maximum absolute atomic E-state index is 4.97. The lowest BCUT2D eigenvalue weighted by molar-refractivity contribution is 0.228. The number of fused-ring (bicyclic) bond motifs is 1. The summed E-state index contributed by atoms with van der Waals surface area (Å²) in [6, 6.07) is 4.26. The van der Waals surface area contributed by atoms with Crippen molar-refractivity contribution in [2.75, 3.05) is 26.2 Å². The molecule has 3 rings (SSSR count). The van der Waals surface area contributed by atoms with Gasteiger partial charge in [0.1, 0.15) is 5.65 Å². The van der Waals surface area contributed by atoms with Gasteiger partial charge in [-0.15, -0.1) is 0 Å². The molecule has 1 saturated heterocycles. The smallest absolute Gasteiger partial charge is 0.140 e. The Balaban J connectivity index is 2.07. The fourth-order valence-corrected chi connectivity index (χ4v) is 3.09. The summed E-state index contributed by atoms with van der Waals surface area (Å²) in [4.78, 5) is 7.49. The molecule has 0 bridgehead atoms. The molecular formula is C17H26N4. The van der Waals surface area contributed by atoms with Crippen molar-refractivity contribution in [2.24, 2.45) is 0 Å². The summed E-state index contributed by atoms with van der Waals surface area (Å²) < 4.78 is 2.29. The first-order chi connectivity index (χ1) is 9.97. The van der Waals surface area contributed by atoms with Crippen molar-refractivity contribution in [3.63, 3.8) is 0 Å². The Bertz CT molecular complexity index is 630. The largest absolute Gasteiger partial charge is 0.314 e. The molecule has 1 fully saturated rings. The number of imidazole rings is 1. The van der Waals surface area contributed by atoms with Crippen molar-refractivity contribution in [3.8, 4) is 0 Å². The van der Waals surface area contributed by atoms with E-state index < -0.39 is 0 Å². The molecule has 2 aromatic heterocycles. The minimum Gasteiger partial charge on any atom is -0.314 e. The van der Waals surface area contributed by atoms with Crippen LogP contribution in [-0.4, -0.2) is 40.5 Å². The second kappa shape index (κ2) is 5.43. The zero-order chi connectivity index (χ0) is 15.0. The van der Waals surface area contributed by atoms with Gasteiger partial charge in [0.05, 0.1) is 11.4 Å². The molecule has 0 saturated carbocycles. The summed E-state index contributed by atoms with van der Waals surface area (Å²) in [5.41, 5.74) is 5.00. The molecule has 2 aromatic rings. The maximum atomic E-state index is 4.97. The van der Waals surface area contributed by atoms with Crippen molar-refractivity contribution in [2.45, 2.75) is 39.7 Å². The van der Waals surface area contributed by atoms with E-state index in [0.29, 0.717) is 0 Å². The van der Waals surface area contributed by atoms with E-state index in [1.807, 2.05) is 0 Å². The zero-order valence-electron chi connectivity index (χ0n) is 13.6. The Morgan fingerprint density at radius 1 is 1.24 bits per heavy atom. The van der Waals surface area contributed by atoms with Crippen molar-refractivity contribution < 1.29 is 0 Å². The van der Waals surface area contributed by atoms with E-state index in [1.165, 1.54) is 17.0 Å². The number of pyridine rings is 1. The molecule has 1 N–H and O–H groups in total. The van der Waals surface area contributed by atoms with Crippen LogP contribution < -0.4 is 5.32 Å². The van der Waals surface area contributed by atoms with Gasteiger partial charge in [0, 0.05) is 44.3 Å². The highest BCUT2D eigenvalue weighted by Crippen LogP contribution is 2.28. The second-order valence-corrected chi connectivity index (χ2v) is 7.07. The Morgan fingerprint density at radius 2 is 1.95 bits per heavy atom. The highest BCUT2D eigenvalue weighted by Gasteiger charge is 2.25. The van der Waals surface area contributed by atoms with Crippen LogP contribution in [0.25, 0.3) is 5.65 Å². The molecule has 4 heteroatoms. The molecule has 0 aromatic carbocycles. The minimum absolute atomic E-state index is 0.0713. The molecule has 21 heavy (non-hydrogen) atoms. The van der Waals surface area contributed by atoms with Crippen LogP contribution in [0.2, 0.25) is 0 Å². The third-order valence-electron chi connectivity index (χ3n) is 4.24. The van der Waals surface area contributed by atoms with Crippen LogP contribution in [0.3, 0.4) is 0 Å². The van der Waals surface area contributed by atoms with Crippen LogP contribution in [0.5, 0.6) is 0 Å². The number of nitrogens with zero attached hydrogens (tertiary/aromatic N) is 3. The van der Waals surface area contributed by atoms with E-state index >= 15 is 0 Å². The van der Waals surface area contributed by atoms with E-state index in [4.69, 9.17) is 4.98 Å². The van der Waals surface area contributed by atoms with Crippen molar-refractivity contribution in [3.05, 3.63) is 35.3 Å². The van der Waals surface area contributed by atoms with E-state index in [1.54, 1.807) is 0 Å². The Labute approximate surface area is 127 Å². The fourth-order valence-electron chi connectivity index (χ4n) is 3.09. The van der Waals surface area contributed by atoms with Gasteiger partial charge in [0.15, 0.2) is 0 Å². The predicted octanol–water partition coefficient (Wildman–Crippen LogP) is 2.35. The number of hydrogen-bond acceptors (Lipinski definition) is 3. The van der Waals surface area contributed by atoms with Gasteiger partial charge < -0.3 is 9.72 Å². The number of aryl methyl sites for hydroxylation is 1. The number of nitrogens with one attached hydrogen (secondary N) is 1. The number of aromatic nitrogens is 2. The molecule has 1 aliphatic rings. The summed E-state index contributed by atoms with van der Waals surface area (Å²) in [7, 11) is 0. The standard InChI is InChI=1S/C17H26N4/c1-13-6-5-9-21-14(12-20-10-7-18-8-11-20)15(17(2,3)4)19-16(13)21/h5-6,9,18H,7-8,10-12H2,1-4H3. The SMILES string of the molecule is Cc1cccn2c(CN3CCNCC3)c(C(C)(C)C)nc12. The van der Waals surface area contributed by atoms with Gasteiger partial charge >= 0.3 is 0 Å². The molecule has 0 atom stereocenters. The number of rotatable bonds is 2. The van der Waals surface area contributed by atoms with Crippen molar-refractivity contribution in [1.82, 2.24) is 19.6 Å². The number of piperazine rings is 1. The Kier molecular flexibility index (Phi) is 3.76. The van der Waals surface area contributed by atoms with Crippen LogP contribution in [0.4, 0.5) is 0 Å². The van der Waals surface area contributed by atoms with Gasteiger partial charge in [-0.3, -0.25) is 4.90 Å². The summed E-state index contributed by atoms with van der Waals surface area (Å²) in [6.45, 7) is 14.3. The summed E-state index contributed by atoms with van der Waals surface area (Å²) in [5, 5.41) is 3.42. The Hall–Kier alpha value is -1.39. The van der Waals surface area contributed by atoms with Gasteiger partial charge in [0.25, 0.3) is 0 Å². The van der Waals surface area contributed by atoms with Gasteiger partial charge in [-0.1, -0.05) is 26.8 Å². The highest BCUT2D eigenvalue weighted by molar-refractivity contribution is 5.51. The first-order valence-electron chi connectivity index (χ1n) is 7.87. The first-order valence-corrected chi connectivity index (χ1v) is 7.87. The molecule has 4 nitrogen and oxygen atoms in total. The zero-order valence-corrected chi connectivity index (χ0v) is 13.6. The van der Waals surface area contributed by atoms with Crippen molar-refractivity contribution in [1.29, 1.82) is 0 Å². The van der Waals surface area contributed by atoms with E-state index in [-0.39, 0.29) is 5.41 Å². The van der Waals surface area contributed by atoms with Gasteiger partial charge in [0.2, 0.25) is 0 Å². The third-order valence-corrected chi connectivity index (χ3v) is 4.24. The van der Waals surface area contributed by atoms with Gasteiger partial charge in [-0.2, -0.15) is 0 Å². The van der Waals surface area contributed by atoms with Crippen LogP contribution in [0.15, 0.2) is 18.3 Å². The summed E-state index contributed by atoms with van der Waals surface area (Å²) in [6.07, 6.45) is 2.15. The molecule has 0 spiro atoms. The average Bonchev–Trinajstić information content (AvgIpc) is 2.80. The van der Waals surface area contributed by atoms with Crippen LogP contribution in [0.1, 0.15) is 37.7 Å². The molecule has 114 valence electrons. The molecule has 3 heterocycles. The summed E-state index contributed by atoms with van der Waals surface area (Å²) >= 11 is 0. The molecule has 0 amide bonds. The minimum atomic E-state index is 0.0713. The third kappa shape index (κ3) is 2.83. The van der Waals surface area contributed by atoms with E-state index in [0.717, 1.165) is 38.4 Å².